The van der Waals surface area contributed by atoms with Crippen molar-refractivity contribution in [3.8, 4) is 0 Å². The van der Waals surface area contributed by atoms with Crippen LogP contribution in [0.3, 0.4) is 0 Å². The molecule has 4 nitrogen and oxygen atoms in total. The lowest BCUT2D eigenvalue weighted by Crippen LogP contribution is -2.26. The third-order valence-electron chi connectivity index (χ3n) is 1.79. The highest BCUT2D eigenvalue weighted by molar-refractivity contribution is 7.11. The van der Waals surface area contributed by atoms with Crippen molar-refractivity contribution < 1.29 is 9.53 Å². The normalized spacial score (nSPS) is 12.5. The number of nitrogens with one attached hydrogen (secondary N) is 1. The average Bonchev–Trinajstić information content (AvgIpc) is 2.60. The summed E-state index contributed by atoms with van der Waals surface area (Å²) in [6, 6.07) is 0.0906. The summed E-state index contributed by atoms with van der Waals surface area (Å²) in [4.78, 5) is 16.2. The number of ether oxygens (including phenoxy) is 1. The molecule has 0 saturated heterocycles. The third-order valence-corrected chi connectivity index (χ3v) is 2.89. The standard InChI is InChI=1S/C9H14N2O2S/c1-6-4-11-9(14-6)7(2)10-5-8(12)13-3/h4,7,10H,5H2,1-3H3. The van der Waals surface area contributed by atoms with Gasteiger partial charge in [0.2, 0.25) is 0 Å². The lowest BCUT2D eigenvalue weighted by atomic mass is 10.3. The number of hydrogen-bond donors (Lipinski definition) is 1. The molecule has 5 heteroatoms. The van der Waals surface area contributed by atoms with E-state index in [1.54, 1.807) is 11.3 Å². The number of carbonyl (C=O) groups excluding carboxylic acids is 1. The number of aryl methyl sites for hydroxylation is 1. The highest BCUT2D eigenvalue weighted by atomic mass is 32.1. The first-order valence-corrected chi connectivity index (χ1v) is 5.17. The molecule has 0 amide bonds. The van der Waals surface area contributed by atoms with Gasteiger partial charge in [-0.25, -0.2) is 4.98 Å². The predicted molar refractivity (Wildman–Crippen MR) is 55.3 cm³/mol. The SMILES string of the molecule is COC(=O)CNC(C)c1ncc(C)s1. The molecule has 0 saturated carbocycles. The molecule has 0 aliphatic carbocycles. The van der Waals surface area contributed by atoms with E-state index in [9.17, 15) is 4.79 Å². The van der Waals surface area contributed by atoms with E-state index < -0.39 is 0 Å². The molecule has 0 aliphatic heterocycles. The second-order valence-electron chi connectivity index (χ2n) is 2.99. The van der Waals surface area contributed by atoms with Crippen molar-refractivity contribution in [1.82, 2.24) is 10.3 Å². The molecule has 0 aromatic carbocycles. The zero-order valence-electron chi connectivity index (χ0n) is 8.53. The number of carbonyl (C=O) groups is 1. The maximum Gasteiger partial charge on any atom is 0.319 e. The Morgan fingerprint density at radius 3 is 3.00 bits per heavy atom. The van der Waals surface area contributed by atoms with Gasteiger partial charge in [0, 0.05) is 11.1 Å². The highest BCUT2D eigenvalue weighted by Gasteiger charge is 2.10. The number of methoxy groups -OCH3 is 1. The summed E-state index contributed by atoms with van der Waals surface area (Å²) in [6.07, 6.45) is 1.83. The first-order chi connectivity index (χ1) is 6.63. The van der Waals surface area contributed by atoms with E-state index in [1.807, 2.05) is 20.0 Å². The molecule has 78 valence electrons. The highest BCUT2D eigenvalue weighted by Crippen LogP contribution is 2.18. The van der Waals surface area contributed by atoms with Crippen molar-refractivity contribution >= 4 is 17.3 Å². The molecule has 1 atom stereocenters. The van der Waals surface area contributed by atoms with Crippen LogP contribution in [-0.4, -0.2) is 24.6 Å². The number of nitrogens with zero attached hydrogens (tertiary/aromatic N) is 1. The fourth-order valence-corrected chi connectivity index (χ4v) is 1.77. The van der Waals surface area contributed by atoms with Crippen LogP contribution in [0, 0.1) is 6.92 Å². The quantitative estimate of drug-likeness (QED) is 0.767. The molecular formula is C9H14N2O2S. The Morgan fingerprint density at radius 2 is 2.50 bits per heavy atom. The van der Waals surface area contributed by atoms with Crippen molar-refractivity contribution in [2.24, 2.45) is 0 Å². The topological polar surface area (TPSA) is 51.2 Å². The molecule has 1 unspecified atom stereocenters. The van der Waals surface area contributed by atoms with Crippen LogP contribution in [-0.2, 0) is 9.53 Å². The Hall–Kier alpha value is -0.940. The first-order valence-electron chi connectivity index (χ1n) is 4.36. The van der Waals surface area contributed by atoms with E-state index in [4.69, 9.17) is 0 Å². The van der Waals surface area contributed by atoms with E-state index in [1.165, 1.54) is 12.0 Å². The van der Waals surface area contributed by atoms with Gasteiger partial charge in [0.25, 0.3) is 0 Å². The summed E-state index contributed by atoms with van der Waals surface area (Å²) in [5.41, 5.74) is 0. The van der Waals surface area contributed by atoms with E-state index in [-0.39, 0.29) is 18.6 Å². The monoisotopic (exact) mass is 214 g/mol. The Labute approximate surface area is 87.3 Å². The minimum atomic E-state index is -0.259. The van der Waals surface area contributed by atoms with Gasteiger partial charge >= 0.3 is 5.97 Å². The summed E-state index contributed by atoms with van der Waals surface area (Å²) >= 11 is 1.63. The lowest BCUT2D eigenvalue weighted by molar-refractivity contribution is -0.139. The van der Waals surface area contributed by atoms with Crippen LogP contribution in [0.4, 0.5) is 0 Å². The van der Waals surface area contributed by atoms with Crippen molar-refractivity contribution in [2.45, 2.75) is 19.9 Å². The van der Waals surface area contributed by atoms with Gasteiger partial charge in [-0.3, -0.25) is 10.1 Å². The molecule has 1 aromatic heterocycles. The molecule has 0 fully saturated rings. The number of hydrogen-bond acceptors (Lipinski definition) is 5. The van der Waals surface area contributed by atoms with Crippen molar-refractivity contribution in [3.63, 3.8) is 0 Å². The van der Waals surface area contributed by atoms with Crippen LogP contribution < -0.4 is 5.32 Å². The zero-order chi connectivity index (χ0) is 10.6. The maximum atomic E-state index is 10.9. The van der Waals surface area contributed by atoms with Crippen LogP contribution in [0.5, 0.6) is 0 Å². The van der Waals surface area contributed by atoms with Crippen molar-refractivity contribution in [1.29, 1.82) is 0 Å². The second kappa shape index (κ2) is 5.07. The minimum absolute atomic E-state index is 0.0906. The first kappa shape index (κ1) is 11.1. The fourth-order valence-electron chi connectivity index (χ4n) is 0.968. The molecule has 0 bridgehead atoms. The van der Waals surface area contributed by atoms with Crippen LogP contribution >= 0.6 is 11.3 Å². The molecule has 0 spiro atoms. The molecule has 1 heterocycles. The summed E-state index contributed by atoms with van der Waals surface area (Å²) < 4.78 is 4.52. The number of esters is 1. The molecule has 1 N–H and O–H groups in total. The maximum absolute atomic E-state index is 10.9. The van der Waals surface area contributed by atoms with Gasteiger partial charge in [0.15, 0.2) is 0 Å². The molecule has 1 aromatic rings. The van der Waals surface area contributed by atoms with Gasteiger partial charge in [0.05, 0.1) is 19.7 Å². The van der Waals surface area contributed by atoms with Gasteiger partial charge in [0.1, 0.15) is 5.01 Å². The summed E-state index contributed by atoms with van der Waals surface area (Å²) in [5.74, 6) is -0.259. The van der Waals surface area contributed by atoms with Crippen molar-refractivity contribution in [2.75, 3.05) is 13.7 Å². The smallest absolute Gasteiger partial charge is 0.319 e. The zero-order valence-corrected chi connectivity index (χ0v) is 9.35. The Bertz CT molecular complexity index is 312. The fraction of sp³-hybridized carbons (Fsp3) is 0.556. The van der Waals surface area contributed by atoms with E-state index in [2.05, 4.69) is 15.0 Å². The van der Waals surface area contributed by atoms with E-state index >= 15 is 0 Å². The predicted octanol–water partition coefficient (Wildman–Crippen LogP) is 1.28. The Kier molecular flexibility index (Phi) is 4.03. The largest absolute Gasteiger partial charge is 0.468 e. The molecule has 0 radical (unpaired) electrons. The average molecular weight is 214 g/mol. The molecule has 0 aliphatic rings. The van der Waals surface area contributed by atoms with Crippen LogP contribution in [0.2, 0.25) is 0 Å². The van der Waals surface area contributed by atoms with Gasteiger partial charge in [-0.2, -0.15) is 0 Å². The molecule has 14 heavy (non-hydrogen) atoms. The van der Waals surface area contributed by atoms with E-state index in [0.717, 1.165) is 5.01 Å². The van der Waals surface area contributed by atoms with Gasteiger partial charge < -0.3 is 4.74 Å². The summed E-state index contributed by atoms with van der Waals surface area (Å²) in [7, 11) is 1.38. The Balaban J connectivity index is 2.42. The number of rotatable bonds is 4. The lowest BCUT2D eigenvalue weighted by Gasteiger charge is -2.09. The number of aromatic nitrogens is 1. The summed E-state index contributed by atoms with van der Waals surface area (Å²) in [6.45, 7) is 4.20. The summed E-state index contributed by atoms with van der Waals surface area (Å²) in [5, 5.41) is 4.03. The molecule has 1 rings (SSSR count). The van der Waals surface area contributed by atoms with Crippen LogP contribution in [0.25, 0.3) is 0 Å². The van der Waals surface area contributed by atoms with Gasteiger partial charge in [-0.05, 0) is 13.8 Å². The van der Waals surface area contributed by atoms with Crippen LogP contribution in [0.1, 0.15) is 22.9 Å². The minimum Gasteiger partial charge on any atom is -0.468 e. The van der Waals surface area contributed by atoms with Crippen molar-refractivity contribution in [3.05, 3.63) is 16.1 Å². The van der Waals surface area contributed by atoms with E-state index in [0.29, 0.717) is 0 Å². The van der Waals surface area contributed by atoms with Gasteiger partial charge in [-0.1, -0.05) is 0 Å². The number of thiazole rings is 1. The molecular weight excluding hydrogens is 200 g/mol. The van der Waals surface area contributed by atoms with Gasteiger partial charge in [-0.15, -0.1) is 11.3 Å². The third kappa shape index (κ3) is 3.08. The Morgan fingerprint density at radius 1 is 1.79 bits per heavy atom. The second-order valence-corrected chi connectivity index (χ2v) is 4.25. The van der Waals surface area contributed by atoms with Crippen LogP contribution in [0.15, 0.2) is 6.20 Å².